The van der Waals surface area contributed by atoms with Crippen LogP contribution in [0.25, 0.3) is 0 Å². The van der Waals surface area contributed by atoms with Crippen molar-refractivity contribution < 1.29 is 8.42 Å². The molecule has 4 N–H and O–H groups in total. The van der Waals surface area contributed by atoms with Gasteiger partial charge in [0.25, 0.3) is 0 Å². The van der Waals surface area contributed by atoms with Gasteiger partial charge in [0.1, 0.15) is 9.90 Å². The summed E-state index contributed by atoms with van der Waals surface area (Å²) in [5.41, 5.74) is 6.61. The first-order chi connectivity index (χ1) is 9.04. The molecule has 0 radical (unpaired) electrons. The second-order valence-electron chi connectivity index (χ2n) is 3.88. The van der Waals surface area contributed by atoms with Gasteiger partial charge in [-0.2, -0.15) is 4.37 Å². The van der Waals surface area contributed by atoms with Gasteiger partial charge in [-0.1, -0.05) is 6.92 Å². The first-order valence-corrected chi connectivity index (χ1v) is 8.16. The lowest BCUT2D eigenvalue weighted by Gasteiger charge is -2.06. The second kappa shape index (κ2) is 5.57. The number of imidazole rings is 1. The molecule has 0 saturated carbocycles. The highest BCUT2D eigenvalue weighted by Gasteiger charge is 2.23. The number of rotatable bonds is 6. The standard InChI is InChI=1S/C10H15N5O2S2/c1-2-19(16,17)8-9(11)15-18-10(8)13-4-3-7-5-12-6-14-7/h5-6,13H,2-4H2,1H3,(H2,11,15)(H,12,14). The molecule has 9 heteroatoms. The highest BCUT2D eigenvalue weighted by Crippen LogP contribution is 2.32. The van der Waals surface area contributed by atoms with Gasteiger partial charge in [-0.05, 0) is 11.5 Å². The van der Waals surface area contributed by atoms with E-state index in [9.17, 15) is 8.42 Å². The van der Waals surface area contributed by atoms with Gasteiger partial charge in [0, 0.05) is 24.9 Å². The number of nitrogen functional groups attached to an aromatic ring is 1. The fraction of sp³-hybridized carbons (Fsp3) is 0.400. The Kier molecular flexibility index (Phi) is 4.05. The van der Waals surface area contributed by atoms with Gasteiger partial charge in [0.15, 0.2) is 15.7 Å². The second-order valence-corrected chi connectivity index (χ2v) is 6.87. The number of aromatic nitrogens is 3. The summed E-state index contributed by atoms with van der Waals surface area (Å²) in [5, 5.41) is 3.56. The van der Waals surface area contributed by atoms with E-state index in [0.29, 0.717) is 18.0 Å². The van der Waals surface area contributed by atoms with Crippen LogP contribution in [0.15, 0.2) is 17.4 Å². The summed E-state index contributed by atoms with van der Waals surface area (Å²) in [6.45, 7) is 2.16. The summed E-state index contributed by atoms with van der Waals surface area (Å²) >= 11 is 1.06. The molecule has 2 aromatic heterocycles. The number of hydrogen-bond donors (Lipinski definition) is 3. The topological polar surface area (TPSA) is 114 Å². The quantitative estimate of drug-likeness (QED) is 0.730. The van der Waals surface area contributed by atoms with Crippen molar-refractivity contribution in [1.29, 1.82) is 0 Å². The number of nitrogens with zero attached hydrogens (tertiary/aromatic N) is 2. The maximum atomic E-state index is 11.9. The van der Waals surface area contributed by atoms with E-state index in [0.717, 1.165) is 17.2 Å². The fourth-order valence-corrected chi connectivity index (χ4v) is 3.78. The highest BCUT2D eigenvalue weighted by molar-refractivity contribution is 7.91. The average molecular weight is 301 g/mol. The van der Waals surface area contributed by atoms with Crippen LogP contribution in [-0.4, -0.2) is 35.1 Å². The molecule has 0 spiro atoms. The van der Waals surface area contributed by atoms with E-state index in [1.165, 1.54) is 0 Å². The van der Waals surface area contributed by atoms with Crippen molar-refractivity contribution in [3.05, 3.63) is 18.2 Å². The van der Waals surface area contributed by atoms with Crippen LogP contribution in [0.3, 0.4) is 0 Å². The summed E-state index contributed by atoms with van der Waals surface area (Å²) in [6.07, 6.45) is 4.04. The smallest absolute Gasteiger partial charge is 0.184 e. The zero-order chi connectivity index (χ0) is 13.9. The van der Waals surface area contributed by atoms with Crippen LogP contribution < -0.4 is 11.1 Å². The predicted molar refractivity (Wildman–Crippen MR) is 75.0 cm³/mol. The number of hydrogen-bond acceptors (Lipinski definition) is 7. The van der Waals surface area contributed by atoms with E-state index >= 15 is 0 Å². The lowest BCUT2D eigenvalue weighted by molar-refractivity contribution is 0.598. The highest BCUT2D eigenvalue weighted by atomic mass is 32.2. The molecule has 0 saturated heterocycles. The molecule has 0 fully saturated rings. The van der Waals surface area contributed by atoms with Gasteiger partial charge < -0.3 is 16.0 Å². The SMILES string of the molecule is CCS(=O)(=O)c1c(N)nsc1NCCc1cnc[nH]1. The summed E-state index contributed by atoms with van der Waals surface area (Å²) in [5.74, 6) is 0.0704. The molecule has 0 aliphatic rings. The molecule has 0 aromatic carbocycles. The first-order valence-electron chi connectivity index (χ1n) is 5.73. The Labute approximate surface area is 115 Å². The molecule has 2 aromatic rings. The Bertz CT molecular complexity index is 633. The Morgan fingerprint density at radius 2 is 2.32 bits per heavy atom. The zero-order valence-corrected chi connectivity index (χ0v) is 12.0. The molecule has 2 rings (SSSR count). The number of anilines is 2. The molecule has 7 nitrogen and oxygen atoms in total. The Hall–Kier alpha value is -1.61. The normalized spacial score (nSPS) is 11.6. The molecule has 2 heterocycles. The maximum absolute atomic E-state index is 11.9. The lowest BCUT2D eigenvalue weighted by atomic mass is 10.3. The Morgan fingerprint density at radius 3 is 2.95 bits per heavy atom. The third-order valence-electron chi connectivity index (χ3n) is 2.60. The molecule has 0 bridgehead atoms. The molecule has 0 aliphatic heterocycles. The van der Waals surface area contributed by atoms with E-state index in [-0.39, 0.29) is 16.5 Å². The largest absolute Gasteiger partial charge is 0.382 e. The fourth-order valence-electron chi connectivity index (χ4n) is 1.58. The van der Waals surface area contributed by atoms with Crippen LogP contribution in [-0.2, 0) is 16.3 Å². The molecule has 0 aliphatic carbocycles. The first kappa shape index (κ1) is 13.8. The summed E-state index contributed by atoms with van der Waals surface area (Å²) in [4.78, 5) is 7.01. The van der Waals surface area contributed by atoms with Crippen LogP contribution in [0.2, 0.25) is 0 Å². The van der Waals surface area contributed by atoms with E-state index in [4.69, 9.17) is 5.73 Å². The molecule has 19 heavy (non-hydrogen) atoms. The minimum absolute atomic E-state index is 0.00480. The van der Waals surface area contributed by atoms with Crippen molar-refractivity contribution >= 4 is 32.2 Å². The molecular weight excluding hydrogens is 286 g/mol. The summed E-state index contributed by atoms with van der Waals surface area (Å²) < 4.78 is 27.8. The van der Waals surface area contributed by atoms with Crippen molar-refractivity contribution in [2.75, 3.05) is 23.3 Å². The van der Waals surface area contributed by atoms with Crippen LogP contribution in [0.5, 0.6) is 0 Å². The monoisotopic (exact) mass is 301 g/mol. The molecule has 104 valence electrons. The molecule has 0 atom stereocenters. The lowest BCUT2D eigenvalue weighted by Crippen LogP contribution is -2.11. The van der Waals surface area contributed by atoms with Crippen molar-refractivity contribution in [3.8, 4) is 0 Å². The molecule has 0 amide bonds. The van der Waals surface area contributed by atoms with E-state index in [1.807, 2.05) is 0 Å². The van der Waals surface area contributed by atoms with E-state index < -0.39 is 9.84 Å². The number of nitrogens with two attached hydrogens (primary N) is 1. The van der Waals surface area contributed by atoms with E-state index in [2.05, 4.69) is 19.7 Å². The van der Waals surface area contributed by atoms with Gasteiger partial charge in [-0.3, -0.25) is 0 Å². The average Bonchev–Trinajstić information content (AvgIpc) is 3.00. The van der Waals surface area contributed by atoms with Crippen LogP contribution in [0.4, 0.5) is 10.8 Å². The van der Waals surface area contributed by atoms with Crippen LogP contribution in [0.1, 0.15) is 12.6 Å². The van der Waals surface area contributed by atoms with Crippen molar-refractivity contribution in [1.82, 2.24) is 14.3 Å². The van der Waals surface area contributed by atoms with Gasteiger partial charge in [-0.25, -0.2) is 13.4 Å². The third-order valence-corrected chi connectivity index (χ3v) is 5.34. The summed E-state index contributed by atoms with van der Waals surface area (Å²) in [7, 11) is -3.36. The summed E-state index contributed by atoms with van der Waals surface area (Å²) in [6, 6.07) is 0. The van der Waals surface area contributed by atoms with E-state index in [1.54, 1.807) is 19.4 Å². The molecular formula is C10H15N5O2S2. The number of aromatic amines is 1. The minimum atomic E-state index is -3.36. The predicted octanol–water partition coefficient (Wildman–Crippen LogP) is 0.897. The zero-order valence-electron chi connectivity index (χ0n) is 10.4. The molecule has 0 unspecified atom stereocenters. The van der Waals surface area contributed by atoms with Gasteiger partial charge in [-0.15, -0.1) is 0 Å². The Balaban J connectivity index is 2.09. The van der Waals surface area contributed by atoms with Crippen molar-refractivity contribution in [3.63, 3.8) is 0 Å². The van der Waals surface area contributed by atoms with Crippen molar-refractivity contribution in [2.45, 2.75) is 18.2 Å². The van der Waals surface area contributed by atoms with Gasteiger partial charge >= 0.3 is 0 Å². The number of H-pyrrole nitrogens is 1. The van der Waals surface area contributed by atoms with Gasteiger partial charge in [0.05, 0.1) is 12.1 Å². The van der Waals surface area contributed by atoms with Crippen LogP contribution in [0, 0.1) is 0 Å². The maximum Gasteiger partial charge on any atom is 0.184 e. The number of sulfone groups is 1. The van der Waals surface area contributed by atoms with Crippen molar-refractivity contribution in [2.24, 2.45) is 0 Å². The Morgan fingerprint density at radius 1 is 1.53 bits per heavy atom. The minimum Gasteiger partial charge on any atom is -0.382 e. The third kappa shape index (κ3) is 3.04. The number of nitrogens with one attached hydrogen (secondary N) is 2. The van der Waals surface area contributed by atoms with Gasteiger partial charge in [0.2, 0.25) is 0 Å². The van der Waals surface area contributed by atoms with Crippen LogP contribution >= 0.6 is 11.5 Å².